The molecule has 2 amide bonds. The molecule has 3 aliphatic heterocycles. The molecule has 3 saturated heterocycles. The van der Waals surface area contributed by atoms with Gasteiger partial charge < -0.3 is 24.8 Å². The van der Waals surface area contributed by atoms with Gasteiger partial charge in [0, 0.05) is 15.5 Å². The second-order valence-corrected chi connectivity index (χ2v) is 11.2. The van der Waals surface area contributed by atoms with E-state index in [9.17, 15) is 19.5 Å². The molecule has 0 saturated carbocycles. The largest absolute Gasteiger partial charge is 0.466 e. The molecule has 0 aromatic heterocycles. The highest BCUT2D eigenvalue weighted by Crippen LogP contribution is 2.60. The summed E-state index contributed by atoms with van der Waals surface area (Å²) in [7, 11) is 0. The lowest BCUT2D eigenvalue weighted by Gasteiger charge is -2.37. The Morgan fingerprint density at radius 1 is 1.35 bits per heavy atom. The van der Waals surface area contributed by atoms with Gasteiger partial charge in [-0.15, -0.1) is 0 Å². The Labute approximate surface area is 212 Å². The van der Waals surface area contributed by atoms with Crippen LogP contribution in [-0.4, -0.2) is 69.6 Å². The molecule has 0 aliphatic carbocycles. The lowest BCUT2D eigenvalue weighted by molar-refractivity contribution is -0.155. The van der Waals surface area contributed by atoms with E-state index < -0.39 is 47.5 Å². The molecule has 3 aliphatic rings. The number of aliphatic hydroxyl groups excluding tert-OH is 1. The second kappa shape index (κ2) is 9.76. The Morgan fingerprint density at radius 3 is 2.62 bits per heavy atom. The van der Waals surface area contributed by atoms with Gasteiger partial charge in [-0.05, 0) is 49.9 Å². The average Bonchev–Trinajstić information content (AvgIpc) is 3.37. The van der Waals surface area contributed by atoms with Crippen LogP contribution in [0.3, 0.4) is 0 Å². The summed E-state index contributed by atoms with van der Waals surface area (Å²) in [6.07, 6.45) is 0.318. The van der Waals surface area contributed by atoms with Crippen molar-refractivity contribution in [3.8, 4) is 0 Å². The lowest BCUT2D eigenvalue weighted by Crippen LogP contribution is -2.56. The summed E-state index contributed by atoms with van der Waals surface area (Å²) < 4.78 is 11.7. The minimum atomic E-state index is -1.20. The molecule has 1 aromatic carbocycles. The number of aliphatic hydroxyl groups is 1. The fourth-order valence-corrected chi connectivity index (χ4v) is 6.90. The van der Waals surface area contributed by atoms with Crippen molar-refractivity contribution in [1.29, 1.82) is 0 Å². The number of rotatable bonds is 8. The first-order valence-electron chi connectivity index (χ1n) is 11.6. The smallest absolute Gasteiger partial charge is 0.312 e. The van der Waals surface area contributed by atoms with Gasteiger partial charge in [0.2, 0.25) is 11.8 Å². The van der Waals surface area contributed by atoms with Crippen LogP contribution in [0.5, 0.6) is 0 Å². The van der Waals surface area contributed by atoms with Crippen LogP contribution in [0, 0.1) is 17.8 Å². The molecule has 7 atom stereocenters. The fraction of sp³-hybridized carbons (Fsp3) is 0.625. The molecule has 3 heterocycles. The summed E-state index contributed by atoms with van der Waals surface area (Å²) in [5, 5.41) is 13.6. The van der Waals surface area contributed by atoms with Gasteiger partial charge in [-0.25, -0.2) is 0 Å². The topological polar surface area (TPSA) is 105 Å². The van der Waals surface area contributed by atoms with Crippen molar-refractivity contribution in [3.05, 3.63) is 29.3 Å². The van der Waals surface area contributed by atoms with Gasteiger partial charge in [0.1, 0.15) is 11.6 Å². The van der Waals surface area contributed by atoms with E-state index in [1.165, 1.54) is 4.90 Å². The third kappa shape index (κ3) is 4.14. The predicted octanol–water partition coefficient (Wildman–Crippen LogP) is 3.00. The minimum absolute atomic E-state index is 0.171. The zero-order valence-electron chi connectivity index (χ0n) is 19.4. The van der Waals surface area contributed by atoms with Crippen molar-refractivity contribution in [1.82, 2.24) is 4.90 Å². The predicted molar refractivity (Wildman–Crippen MR) is 130 cm³/mol. The van der Waals surface area contributed by atoms with Gasteiger partial charge in [0.15, 0.2) is 0 Å². The first-order chi connectivity index (χ1) is 16.1. The average molecular weight is 558 g/mol. The Morgan fingerprint density at radius 2 is 2.03 bits per heavy atom. The van der Waals surface area contributed by atoms with E-state index in [-0.39, 0.29) is 29.9 Å². The van der Waals surface area contributed by atoms with E-state index in [4.69, 9.17) is 21.1 Å². The van der Waals surface area contributed by atoms with Crippen molar-refractivity contribution in [2.75, 3.05) is 18.5 Å². The molecule has 34 heavy (non-hydrogen) atoms. The van der Waals surface area contributed by atoms with E-state index >= 15 is 0 Å². The lowest BCUT2D eigenvalue weighted by atomic mass is 9.70. The Bertz CT molecular complexity index is 959. The van der Waals surface area contributed by atoms with Crippen LogP contribution in [0.25, 0.3) is 0 Å². The van der Waals surface area contributed by atoms with Crippen LogP contribution in [0.2, 0.25) is 5.02 Å². The highest BCUT2D eigenvalue weighted by molar-refractivity contribution is 9.09. The van der Waals surface area contributed by atoms with E-state index in [1.807, 2.05) is 13.8 Å². The maximum Gasteiger partial charge on any atom is 0.312 e. The summed E-state index contributed by atoms with van der Waals surface area (Å²) in [6, 6.07) is 5.07. The van der Waals surface area contributed by atoms with E-state index in [2.05, 4.69) is 21.2 Å². The number of hydrogen-bond acceptors (Lipinski definition) is 6. The van der Waals surface area contributed by atoms with Gasteiger partial charge in [-0.2, -0.15) is 0 Å². The number of halogens is 2. The van der Waals surface area contributed by atoms with Crippen molar-refractivity contribution in [2.24, 2.45) is 17.8 Å². The fourth-order valence-electron chi connectivity index (χ4n) is 5.83. The van der Waals surface area contributed by atoms with Crippen LogP contribution < -0.4 is 5.32 Å². The number of fused-ring (bicyclic) bond motifs is 1. The van der Waals surface area contributed by atoms with Gasteiger partial charge >= 0.3 is 5.97 Å². The van der Waals surface area contributed by atoms with E-state index in [1.54, 1.807) is 31.2 Å². The van der Waals surface area contributed by atoms with E-state index in [0.29, 0.717) is 23.6 Å². The standard InChI is InChI=1S/C24H30BrClN2O6/c1-4-33-23(32)17-18-22(31)28(15(11-29)9-12(2)3)20(24(18)10-16(25)19(17)34-24)21(30)27-14-7-5-13(26)6-8-14/h5-8,12,15-20,29H,4,9-11H2,1-3H3,(H,27,30)/t15-,16?,17+,18-,19+,20+,24-/m1/s1. The zero-order chi connectivity index (χ0) is 24.8. The number of carbonyl (C=O) groups excluding carboxylic acids is 3. The highest BCUT2D eigenvalue weighted by Gasteiger charge is 2.77. The zero-order valence-corrected chi connectivity index (χ0v) is 21.7. The first kappa shape index (κ1) is 25.4. The molecule has 3 fully saturated rings. The number of carbonyl (C=O) groups is 3. The maximum atomic E-state index is 13.9. The molecule has 2 bridgehead atoms. The number of esters is 1. The SMILES string of the molecule is CCOC(=O)[C@@H]1[C@H]2O[C@@]3(CC2Br)[C@H](C(=O)Nc2ccc(Cl)cc2)N([C@@H](CO)CC(C)C)C(=O)[C@@H]13. The van der Waals surface area contributed by atoms with Crippen LogP contribution in [0.1, 0.15) is 33.6 Å². The number of nitrogens with zero attached hydrogens (tertiary/aromatic N) is 1. The van der Waals surface area contributed by atoms with Crippen LogP contribution in [0.4, 0.5) is 5.69 Å². The molecule has 0 radical (unpaired) electrons. The van der Waals surface area contributed by atoms with Crippen LogP contribution in [0.15, 0.2) is 24.3 Å². The van der Waals surface area contributed by atoms with Crippen LogP contribution in [-0.2, 0) is 23.9 Å². The van der Waals surface area contributed by atoms with Crippen molar-refractivity contribution < 1.29 is 29.0 Å². The normalized spacial score (nSPS) is 32.7. The molecule has 10 heteroatoms. The Hall–Kier alpha value is -1.68. The summed E-state index contributed by atoms with van der Waals surface area (Å²) in [6.45, 7) is 5.57. The number of likely N-dealkylation sites (tertiary alicyclic amines) is 1. The monoisotopic (exact) mass is 556 g/mol. The van der Waals surface area contributed by atoms with Gasteiger partial charge in [0.05, 0.1) is 37.2 Å². The number of nitrogens with one attached hydrogen (secondary N) is 1. The molecule has 8 nitrogen and oxygen atoms in total. The van der Waals surface area contributed by atoms with Gasteiger partial charge in [-0.1, -0.05) is 41.4 Å². The molecular weight excluding hydrogens is 528 g/mol. The summed E-state index contributed by atoms with van der Waals surface area (Å²) >= 11 is 9.59. The van der Waals surface area contributed by atoms with Gasteiger partial charge in [0.25, 0.3) is 0 Å². The number of benzene rings is 1. The summed E-state index contributed by atoms with van der Waals surface area (Å²) in [4.78, 5) is 41.9. The highest BCUT2D eigenvalue weighted by atomic mass is 79.9. The molecular formula is C24H30BrClN2O6. The van der Waals surface area contributed by atoms with Crippen molar-refractivity contribution in [2.45, 2.75) is 62.2 Å². The Balaban J connectivity index is 1.76. The van der Waals surface area contributed by atoms with Crippen molar-refractivity contribution in [3.63, 3.8) is 0 Å². The molecule has 186 valence electrons. The number of amides is 2. The minimum Gasteiger partial charge on any atom is -0.466 e. The number of ether oxygens (including phenoxy) is 2. The summed E-state index contributed by atoms with van der Waals surface area (Å²) in [5.74, 6) is -2.78. The van der Waals surface area contributed by atoms with E-state index in [0.717, 1.165) is 0 Å². The first-order valence-corrected chi connectivity index (χ1v) is 12.9. The van der Waals surface area contributed by atoms with Gasteiger partial charge in [-0.3, -0.25) is 14.4 Å². The summed E-state index contributed by atoms with van der Waals surface area (Å²) in [5.41, 5.74) is -0.676. The van der Waals surface area contributed by atoms with Crippen LogP contribution >= 0.6 is 27.5 Å². The molecule has 1 spiro atoms. The second-order valence-electron chi connectivity index (χ2n) is 9.62. The number of anilines is 1. The number of alkyl halides is 1. The molecule has 4 rings (SSSR count). The quantitative estimate of drug-likeness (QED) is 0.376. The third-order valence-electron chi connectivity index (χ3n) is 6.99. The van der Waals surface area contributed by atoms with Crippen molar-refractivity contribution >= 4 is 51.0 Å². The molecule has 1 aromatic rings. The molecule has 1 unspecified atom stereocenters. The third-order valence-corrected chi connectivity index (χ3v) is 8.09. The number of hydrogen-bond donors (Lipinski definition) is 2. The molecule has 2 N–H and O–H groups in total. The maximum absolute atomic E-state index is 13.9. The Kier molecular flexibility index (Phi) is 7.29.